The molecule has 0 unspecified atom stereocenters. The maximum Gasteiger partial charge on any atom is 0.258 e. The summed E-state index contributed by atoms with van der Waals surface area (Å²) in [5.74, 6) is -0.233. The molecule has 0 aliphatic carbocycles. The Morgan fingerprint density at radius 1 is 0.875 bits per heavy atom. The number of hydrogen-bond donors (Lipinski definition) is 3. The van der Waals surface area contributed by atoms with Crippen LogP contribution in [0.4, 0.5) is 11.4 Å². The van der Waals surface area contributed by atoms with Crippen molar-refractivity contribution in [1.29, 1.82) is 0 Å². The van der Waals surface area contributed by atoms with Crippen LogP contribution in [-0.2, 0) is 27.9 Å². The minimum atomic E-state index is -3.63. The van der Waals surface area contributed by atoms with Crippen LogP contribution in [0.15, 0.2) is 102 Å². The predicted octanol–water partition coefficient (Wildman–Crippen LogP) is 5.81. The Hall–Kier alpha value is -3.95. The van der Waals surface area contributed by atoms with E-state index in [1.165, 1.54) is 5.56 Å². The topological polar surface area (TPSA) is 90.5 Å². The van der Waals surface area contributed by atoms with Gasteiger partial charge in [-0.2, -0.15) is 0 Å². The van der Waals surface area contributed by atoms with Gasteiger partial charge in [0.05, 0.1) is 21.9 Å². The molecular weight excluding hydrogens is 544 g/mol. The first-order valence-corrected chi connectivity index (χ1v) is 14.6. The van der Waals surface area contributed by atoms with Gasteiger partial charge >= 0.3 is 0 Å². The molecule has 1 aliphatic rings. The number of nitrogens with zero attached hydrogens (tertiary/aromatic N) is 1. The van der Waals surface area contributed by atoms with Crippen LogP contribution in [0.1, 0.15) is 22.3 Å². The molecule has 0 fully saturated rings. The Bertz CT molecular complexity index is 1670. The Morgan fingerprint density at radius 3 is 2.23 bits per heavy atom. The van der Waals surface area contributed by atoms with Crippen LogP contribution in [0.3, 0.4) is 0 Å². The molecule has 3 N–H and O–H groups in total. The van der Waals surface area contributed by atoms with E-state index < -0.39 is 10.0 Å². The maximum absolute atomic E-state index is 13.2. The van der Waals surface area contributed by atoms with Crippen molar-refractivity contribution in [2.45, 2.75) is 18.0 Å². The van der Waals surface area contributed by atoms with Crippen LogP contribution < -0.4 is 15.4 Å². The molecule has 1 heterocycles. The third kappa shape index (κ3) is 6.26. The Morgan fingerprint density at radius 2 is 1.55 bits per heavy atom. The fourth-order valence-electron chi connectivity index (χ4n) is 4.53. The molecule has 0 radical (unpaired) electrons. The van der Waals surface area contributed by atoms with Gasteiger partial charge in [-0.25, -0.2) is 13.1 Å². The lowest BCUT2D eigenvalue weighted by Gasteiger charge is -2.16. The molecule has 4 aromatic rings. The minimum Gasteiger partial charge on any atom is -0.354 e. The predicted molar refractivity (Wildman–Crippen MR) is 161 cm³/mol. The first-order valence-electron chi connectivity index (χ1n) is 12.7. The Balaban J connectivity index is 1.46. The van der Waals surface area contributed by atoms with Crippen molar-refractivity contribution in [2.24, 2.45) is 0 Å². The van der Waals surface area contributed by atoms with Crippen molar-refractivity contribution >= 4 is 50.2 Å². The van der Waals surface area contributed by atoms with E-state index in [2.05, 4.69) is 32.4 Å². The molecule has 7 nitrogen and oxygen atoms in total. The van der Waals surface area contributed by atoms with Crippen molar-refractivity contribution in [3.8, 4) is 0 Å². The van der Waals surface area contributed by atoms with Gasteiger partial charge in [0.15, 0.2) is 0 Å². The molecule has 0 aromatic heterocycles. The molecular formula is C31H29ClN4O3S. The van der Waals surface area contributed by atoms with Gasteiger partial charge in [-0.3, -0.25) is 4.79 Å². The highest BCUT2D eigenvalue weighted by Gasteiger charge is 2.28. The van der Waals surface area contributed by atoms with Crippen molar-refractivity contribution in [3.63, 3.8) is 0 Å². The van der Waals surface area contributed by atoms with Crippen LogP contribution in [0.25, 0.3) is 11.3 Å². The first-order chi connectivity index (χ1) is 19.2. The summed E-state index contributed by atoms with van der Waals surface area (Å²) in [6, 6.07) is 29.1. The second-order valence-corrected chi connectivity index (χ2v) is 12.0. The highest BCUT2D eigenvalue weighted by atomic mass is 35.5. The summed E-state index contributed by atoms with van der Waals surface area (Å²) in [6.07, 6.45) is 0. The number of carbonyl (C=O) groups excluding carboxylic acids is 1. The molecule has 1 aliphatic heterocycles. The van der Waals surface area contributed by atoms with E-state index in [-0.39, 0.29) is 17.3 Å². The number of anilines is 2. The van der Waals surface area contributed by atoms with Gasteiger partial charge in [0.1, 0.15) is 0 Å². The third-order valence-electron chi connectivity index (χ3n) is 6.46. The zero-order valence-corrected chi connectivity index (χ0v) is 23.7. The van der Waals surface area contributed by atoms with Gasteiger partial charge in [0.2, 0.25) is 10.0 Å². The number of hydrogen-bond acceptors (Lipinski definition) is 5. The molecule has 0 atom stereocenters. The molecule has 40 heavy (non-hydrogen) atoms. The normalized spacial score (nSPS) is 14.2. The second kappa shape index (κ2) is 11.7. The van der Waals surface area contributed by atoms with Crippen LogP contribution in [0.5, 0.6) is 0 Å². The fourth-order valence-corrected chi connectivity index (χ4v) is 5.74. The summed E-state index contributed by atoms with van der Waals surface area (Å²) in [4.78, 5) is 15.5. The number of sulfonamides is 1. The van der Waals surface area contributed by atoms with Gasteiger partial charge in [-0.1, -0.05) is 72.3 Å². The number of nitrogens with one attached hydrogen (secondary N) is 3. The number of halogens is 1. The molecule has 0 saturated carbocycles. The number of fused-ring (bicyclic) bond motifs is 1. The SMILES string of the molecule is CN(C)Cc1ccc(N/C(=C2\C(=O)Nc3cc(Cl)ccc32)c2ccc(CNS(=O)(=O)c3ccccc3)cc2)cc1. The summed E-state index contributed by atoms with van der Waals surface area (Å²) >= 11 is 6.18. The second-order valence-electron chi connectivity index (χ2n) is 9.79. The quantitative estimate of drug-likeness (QED) is 0.220. The van der Waals surface area contributed by atoms with Crippen LogP contribution in [-0.4, -0.2) is 33.3 Å². The monoisotopic (exact) mass is 572 g/mol. The number of benzene rings is 4. The van der Waals surface area contributed by atoms with E-state index in [0.717, 1.165) is 28.9 Å². The molecule has 4 aromatic carbocycles. The third-order valence-corrected chi connectivity index (χ3v) is 8.11. The molecule has 0 saturated heterocycles. The smallest absolute Gasteiger partial charge is 0.258 e. The zero-order valence-electron chi connectivity index (χ0n) is 22.1. The van der Waals surface area contributed by atoms with Crippen LogP contribution in [0.2, 0.25) is 5.02 Å². The van der Waals surface area contributed by atoms with Gasteiger partial charge in [0.25, 0.3) is 5.91 Å². The summed E-state index contributed by atoms with van der Waals surface area (Å²) in [6.45, 7) is 0.951. The van der Waals surface area contributed by atoms with Crippen molar-refractivity contribution in [1.82, 2.24) is 9.62 Å². The van der Waals surface area contributed by atoms with Gasteiger partial charge < -0.3 is 15.5 Å². The van der Waals surface area contributed by atoms with Crippen molar-refractivity contribution in [3.05, 3.63) is 124 Å². The molecule has 0 spiro atoms. The van der Waals surface area contributed by atoms with E-state index in [4.69, 9.17) is 11.6 Å². The van der Waals surface area contributed by atoms with E-state index >= 15 is 0 Å². The Labute approximate surface area is 239 Å². The lowest BCUT2D eigenvalue weighted by atomic mass is 9.99. The van der Waals surface area contributed by atoms with E-state index in [1.807, 2.05) is 56.6 Å². The van der Waals surface area contributed by atoms with Crippen molar-refractivity contribution < 1.29 is 13.2 Å². The largest absolute Gasteiger partial charge is 0.354 e. The van der Waals surface area contributed by atoms with E-state index in [0.29, 0.717) is 22.0 Å². The first kappa shape index (κ1) is 27.6. The number of rotatable bonds is 9. The fraction of sp³-hybridized carbons (Fsp3) is 0.129. The summed E-state index contributed by atoms with van der Waals surface area (Å²) in [5.41, 5.74) is 6.10. The van der Waals surface area contributed by atoms with E-state index in [9.17, 15) is 13.2 Å². The molecule has 1 amide bonds. The highest BCUT2D eigenvalue weighted by molar-refractivity contribution is 7.89. The highest BCUT2D eigenvalue weighted by Crippen LogP contribution is 2.38. The summed E-state index contributed by atoms with van der Waals surface area (Å²) in [7, 11) is 0.410. The molecule has 0 bridgehead atoms. The van der Waals surface area contributed by atoms with Gasteiger partial charge in [-0.15, -0.1) is 0 Å². The van der Waals surface area contributed by atoms with Gasteiger partial charge in [-0.05, 0) is 67.2 Å². The average molecular weight is 573 g/mol. The molecule has 5 rings (SSSR count). The van der Waals surface area contributed by atoms with Crippen LogP contribution >= 0.6 is 11.6 Å². The summed E-state index contributed by atoms with van der Waals surface area (Å²) < 4.78 is 27.9. The number of amides is 1. The maximum atomic E-state index is 13.2. The Kier molecular flexibility index (Phi) is 8.04. The lowest BCUT2D eigenvalue weighted by Crippen LogP contribution is -2.23. The lowest BCUT2D eigenvalue weighted by molar-refractivity contribution is -0.110. The average Bonchev–Trinajstić information content (AvgIpc) is 3.26. The zero-order chi connectivity index (χ0) is 28.3. The minimum absolute atomic E-state index is 0.131. The van der Waals surface area contributed by atoms with Gasteiger partial charge in [0, 0.05) is 29.4 Å². The van der Waals surface area contributed by atoms with Crippen LogP contribution in [0, 0.1) is 0 Å². The standard InChI is InChI=1S/C31H29ClN4O3S/c1-36(2)20-22-10-15-25(16-11-22)34-30(29-27-17-14-24(32)18-28(27)35-31(29)37)23-12-8-21(9-13-23)19-33-40(38,39)26-6-4-3-5-7-26/h3-18,33-34H,19-20H2,1-2H3,(H,35,37)/b30-29-. The number of carbonyl (C=O) groups is 1. The van der Waals surface area contributed by atoms with E-state index in [1.54, 1.807) is 42.5 Å². The summed E-state index contributed by atoms with van der Waals surface area (Å²) in [5, 5.41) is 6.91. The molecule has 9 heteroatoms. The molecule has 204 valence electrons. The van der Waals surface area contributed by atoms with Crippen molar-refractivity contribution in [2.75, 3.05) is 24.7 Å².